The van der Waals surface area contributed by atoms with Crippen LogP contribution in [0.15, 0.2) is 46.6 Å². The molecule has 0 aromatic carbocycles. The molecule has 1 aliphatic carbocycles. The summed E-state index contributed by atoms with van der Waals surface area (Å²) in [4.78, 5) is 11.3. The molecule has 166 valence electrons. The summed E-state index contributed by atoms with van der Waals surface area (Å²) in [5, 5.41) is 20.1. The molecule has 0 bridgehead atoms. The fourth-order valence-electron chi connectivity index (χ4n) is 4.88. The Morgan fingerprint density at radius 3 is 2.70 bits per heavy atom. The van der Waals surface area contributed by atoms with E-state index in [0.717, 1.165) is 25.7 Å². The number of aliphatic hydroxyl groups excluding tert-OH is 2. The van der Waals surface area contributed by atoms with Gasteiger partial charge >= 0.3 is 5.97 Å². The molecule has 2 heterocycles. The van der Waals surface area contributed by atoms with Crippen molar-refractivity contribution in [3.8, 4) is 0 Å². The summed E-state index contributed by atoms with van der Waals surface area (Å²) in [6, 6.07) is 0. The Kier molecular flexibility index (Phi) is 7.38. The van der Waals surface area contributed by atoms with Gasteiger partial charge in [0.15, 0.2) is 6.29 Å². The SMILES string of the molecule is CC1=C(CC/C(C)=C/CCC2C=CC(C3=CC(=O)OC3O)OC2O)C(C)(C)CCC1. The summed E-state index contributed by atoms with van der Waals surface area (Å²) in [6.07, 6.45) is 12.0. The highest BCUT2D eigenvalue weighted by Crippen LogP contribution is 2.42. The highest BCUT2D eigenvalue weighted by Gasteiger charge is 2.34. The molecule has 0 spiro atoms. The van der Waals surface area contributed by atoms with Gasteiger partial charge in [-0.2, -0.15) is 0 Å². The number of cyclic esters (lactones) is 1. The minimum atomic E-state index is -1.30. The summed E-state index contributed by atoms with van der Waals surface area (Å²) in [5.41, 5.74) is 5.26. The van der Waals surface area contributed by atoms with E-state index in [1.165, 1.54) is 30.9 Å². The molecule has 3 aliphatic rings. The third kappa shape index (κ3) is 5.51. The van der Waals surface area contributed by atoms with E-state index in [1.807, 2.05) is 6.08 Å². The Balaban J connectivity index is 1.49. The number of aliphatic hydroxyl groups is 2. The zero-order chi connectivity index (χ0) is 21.9. The second-order valence-electron chi connectivity index (χ2n) is 9.55. The Labute approximate surface area is 180 Å². The number of carbonyl (C=O) groups is 1. The van der Waals surface area contributed by atoms with Crippen molar-refractivity contribution in [3.63, 3.8) is 0 Å². The smallest absolute Gasteiger partial charge is 0.333 e. The van der Waals surface area contributed by atoms with Crippen LogP contribution in [0.4, 0.5) is 0 Å². The first-order valence-corrected chi connectivity index (χ1v) is 11.1. The maximum absolute atomic E-state index is 11.3. The number of carbonyl (C=O) groups excluding carboxylic acids is 1. The van der Waals surface area contributed by atoms with Gasteiger partial charge in [0.2, 0.25) is 6.29 Å². The van der Waals surface area contributed by atoms with Gasteiger partial charge in [-0.15, -0.1) is 0 Å². The van der Waals surface area contributed by atoms with E-state index in [9.17, 15) is 15.0 Å². The highest BCUT2D eigenvalue weighted by molar-refractivity contribution is 5.86. The summed E-state index contributed by atoms with van der Waals surface area (Å²) in [6.45, 7) is 9.23. The second-order valence-corrected chi connectivity index (χ2v) is 9.55. The lowest BCUT2D eigenvalue weighted by Gasteiger charge is -2.35. The zero-order valence-electron chi connectivity index (χ0n) is 18.7. The van der Waals surface area contributed by atoms with E-state index in [4.69, 9.17) is 4.74 Å². The van der Waals surface area contributed by atoms with E-state index >= 15 is 0 Å². The van der Waals surface area contributed by atoms with E-state index in [2.05, 4.69) is 38.5 Å². The Morgan fingerprint density at radius 2 is 2.07 bits per heavy atom. The Bertz CT molecular complexity index is 770. The molecule has 0 amide bonds. The number of allylic oxidation sites excluding steroid dienone is 4. The van der Waals surface area contributed by atoms with Crippen LogP contribution in [0.2, 0.25) is 0 Å². The molecule has 0 aromatic rings. The quantitative estimate of drug-likeness (QED) is 0.464. The summed E-state index contributed by atoms with van der Waals surface area (Å²) in [7, 11) is 0. The van der Waals surface area contributed by atoms with E-state index < -0.39 is 24.7 Å². The number of hydrogen-bond donors (Lipinski definition) is 2. The van der Waals surface area contributed by atoms with Gasteiger partial charge in [0.1, 0.15) is 6.10 Å². The maximum Gasteiger partial charge on any atom is 0.333 e. The van der Waals surface area contributed by atoms with Gasteiger partial charge in [-0.3, -0.25) is 0 Å². The van der Waals surface area contributed by atoms with Gasteiger partial charge in [-0.1, -0.05) is 48.8 Å². The van der Waals surface area contributed by atoms with Crippen LogP contribution in [0.3, 0.4) is 0 Å². The van der Waals surface area contributed by atoms with Crippen LogP contribution in [-0.4, -0.2) is 34.9 Å². The van der Waals surface area contributed by atoms with Gasteiger partial charge in [0, 0.05) is 17.6 Å². The fraction of sp³-hybridized carbons (Fsp3) is 0.640. The standard InChI is InChI=1S/C25H36O5/c1-16(10-12-20-17(2)8-6-14-25(20,3)4)7-5-9-18-11-13-21(29-23(18)27)19-15-22(26)30-24(19)28/h7,11,13,15,18,21,23-24,27-28H,5-6,8-10,12,14H2,1-4H3/b16-7+. The topological polar surface area (TPSA) is 76.0 Å². The van der Waals surface area contributed by atoms with Crippen molar-refractivity contribution in [3.05, 3.63) is 46.6 Å². The number of hydrogen-bond acceptors (Lipinski definition) is 5. The lowest BCUT2D eigenvalue weighted by molar-refractivity contribution is -0.160. The van der Waals surface area contributed by atoms with Gasteiger partial charge < -0.3 is 19.7 Å². The van der Waals surface area contributed by atoms with Crippen LogP contribution >= 0.6 is 0 Å². The van der Waals surface area contributed by atoms with Crippen LogP contribution in [0.1, 0.15) is 72.6 Å². The van der Waals surface area contributed by atoms with Crippen LogP contribution < -0.4 is 0 Å². The van der Waals surface area contributed by atoms with E-state index in [1.54, 1.807) is 17.2 Å². The van der Waals surface area contributed by atoms with Crippen LogP contribution in [-0.2, 0) is 14.3 Å². The number of esters is 1. The first-order valence-electron chi connectivity index (χ1n) is 11.1. The number of rotatable bonds is 7. The summed E-state index contributed by atoms with van der Waals surface area (Å²) in [5.74, 6) is -0.697. The van der Waals surface area contributed by atoms with Crippen molar-refractivity contribution < 1.29 is 24.5 Å². The molecule has 4 atom stereocenters. The first kappa shape index (κ1) is 23.0. The largest absolute Gasteiger partial charge is 0.429 e. The van der Waals surface area contributed by atoms with Crippen molar-refractivity contribution in [2.75, 3.05) is 0 Å². The van der Waals surface area contributed by atoms with E-state index in [0.29, 0.717) is 11.0 Å². The molecule has 0 saturated heterocycles. The van der Waals surface area contributed by atoms with Gasteiger partial charge in [-0.05, 0) is 64.2 Å². The molecule has 30 heavy (non-hydrogen) atoms. The number of ether oxygens (including phenoxy) is 2. The molecule has 2 N–H and O–H groups in total. The molecule has 0 saturated carbocycles. The molecule has 5 heteroatoms. The summed E-state index contributed by atoms with van der Waals surface area (Å²) >= 11 is 0. The minimum absolute atomic E-state index is 0.108. The van der Waals surface area contributed by atoms with Crippen molar-refractivity contribution in [1.29, 1.82) is 0 Å². The molecule has 5 nitrogen and oxygen atoms in total. The molecular weight excluding hydrogens is 380 g/mol. The average molecular weight is 417 g/mol. The Hall–Kier alpha value is -1.69. The first-order chi connectivity index (χ1) is 14.2. The molecule has 3 rings (SSSR count). The average Bonchev–Trinajstić information content (AvgIpc) is 3.00. The second kappa shape index (κ2) is 9.63. The third-order valence-corrected chi connectivity index (χ3v) is 6.76. The van der Waals surface area contributed by atoms with Crippen molar-refractivity contribution in [2.45, 2.75) is 91.3 Å². The Morgan fingerprint density at radius 1 is 1.30 bits per heavy atom. The van der Waals surface area contributed by atoms with Crippen LogP contribution in [0.25, 0.3) is 0 Å². The van der Waals surface area contributed by atoms with Crippen molar-refractivity contribution >= 4 is 5.97 Å². The third-order valence-electron chi connectivity index (χ3n) is 6.76. The predicted octanol–water partition coefficient (Wildman–Crippen LogP) is 4.71. The van der Waals surface area contributed by atoms with Crippen LogP contribution in [0.5, 0.6) is 0 Å². The van der Waals surface area contributed by atoms with Gasteiger partial charge in [0.25, 0.3) is 0 Å². The lowest BCUT2D eigenvalue weighted by Crippen LogP contribution is -2.34. The monoisotopic (exact) mass is 416 g/mol. The van der Waals surface area contributed by atoms with Crippen molar-refractivity contribution in [1.82, 2.24) is 0 Å². The van der Waals surface area contributed by atoms with Crippen LogP contribution in [0, 0.1) is 11.3 Å². The summed E-state index contributed by atoms with van der Waals surface area (Å²) < 4.78 is 10.3. The maximum atomic E-state index is 11.3. The molecule has 0 radical (unpaired) electrons. The molecular formula is C25H36O5. The predicted molar refractivity (Wildman–Crippen MR) is 116 cm³/mol. The molecule has 0 aromatic heterocycles. The van der Waals surface area contributed by atoms with Gasteiger partial charge in [0.05, 0.1) is 0 Å². The lowest BCUT2D eigenvalue weighted by atomic mass is 9.71. The molecule has 4 unspecified atom stereocenters. The molecule has 2 aliphatic heterocycles. The normalized spacial score (nSPS) is 31.7. The minimum Gasteiger partial charge on any atom is -0.429 e. The van der Waals surface area contributed by atoms with Crippen molar-refractivity contribution in [2.24, 2.45) is 11.3 Å². The highest BCUT2D eigenvalue weighted by atomic mass is 16.6. The fourth-order valence-corrected chi connectivity index (χ4v) is 4.88. The molecule has 0 fully saturated rings. The zero-order valence-corrected chi connectivity index (χ0v) is 18.7. The van der Waals surface area contributed by atoms with E-state index in [-0.39, 0.29) is 5.92 Å². The van der Waals surface area contributed by atoms with Gasteiger partial charge in [-0.25, -0.2) is 4.79 Å².